The highest BCUT2D eigenvalue weighted by molar-refractivity contribution is 6.36. The Labute approximate surface area is 187 Å². The quantitative estimate of drug-likeness (QED) is 0.543. The van der Waals surface area contributed by atoms with Gasteiger partial charge in [-0.15, -0.1) is 0 Å². The largest absolute Gasteiger partial charge is 0.497 e. The van der Waals surface area contributed by atoms with Crippen molar-refractivity contribution in [2.45, 2.75) is 6.92 Å². The van der Waals surface area contributed by atoms with Crippen molar-refractivity contribution in [1.29, 1.82) is 0 Å². The number of aryl methyl sites for hydroxylation is 1. The van der Waals surface area contributed by atoms with Gasteiger partial charge in [0, 0.05) is 5.69 Å². The van der Waals surface area contributed by atoms with Gasteiger partial charge in [0.25, 0.3) is 11.8 Å². The van der Waals surface area contributed by atoms with Crippen LogP contribution in [0.3, 0.4) is 0 Å². The lowest BCUT2D eigenvalue weighted by molar-refractivity contribution is -0.137. The first kappa shape index (κ1) is 21.2. The number of ether oxygens (including phenoxy) is 2. The summed E-state index contributed by atoms with van der Waals surface area (Å²) in [4.78, 5) is 27.7. The van der Waals surface area contributed by atoms with E-state index in [1.54, 1.807) is 31.4 Å². The van der Waals surface area contributed by atoms with E-state index < -0.39 is 0 Å². The van der Waals surface area contributed by atoms with Gasteiger partial charge in [0.2, 0.25) is 0 Å². The van der Waals surface area contributed by atoms with E-state index in [1.807, 2.05) is 61.5 Å². The number of nitrogens with zero attached hydrogens (tertiary/aromatic N) is 1. The number of nitrogens with one attached hydrogen (secondary N) is 1. The standard InChI is InChI=1S/C26H24N2O4/c1-18-8-10-20(11-9-18)27-24-23(19-6-4-3-5-7-19)25(29)28(26(24)30)16-17-32-22-14-12-21(31-2)13-15-22/h3-15,27H,16-17H2,1-2H3. The lowest BCUT2D eigenvalue weighted by Crippen LogP contribution is -2.36. The van der Waals surface area contributed by atoms with Gasteiger partial charge in [-0.25, -0.2) is 0 Å². The van der Waals surface area contributed by atoms with E-state index in [1.165, 1.54) is 4.90 Å². The van der Waals surface area contributed by atoms with Crippen molar-refractivity contribution >= 4 is 23.1 Å². The van der Waals surface area contributed by atoms with Crippen LogP contribution in [0.15, 0.2) is 84.6 Å². The van der Waals surface area contributed by atoms with Crippen molar-refractivity contribution in [2.75, 3.05) is 25.6 Å². The molecule has 0 bridgehead atoms. The molecule has 6 heteroatoms. The Hall–Kier alpha value is -4.06. The zero-order valence-electron chi connectivity index (χ0n) is 18.0. The number of rotatable bonds is 8. The predicted octanol–water partition coefficient (Wildman–Crippen LogP) is 4.27. The second kappa shape index (κ2) is 9.39. The van der Waals surface area contributed by atoms with Crippen molar-refractivity contribution in [3.8, 4) is 11.5 Å². The Morgan fingerprint density at radius 1 is 0.812 bits per heavy atom. The molecule has 1 aliphatic rings. The molecule has 0 aromatic heterocycles. The molecule has 1 aliphatic heterocycles. The minimum Gasteiger partial charge on any atom is -0.497 e. The van der Waals surface area contributed by atoms with Gasteiger partial charge in [0.15, 0.2) is 0 Å². The third-order valence-corrected chi connectivity index (χ3v) is 5.19. The van der Waals surface area contributed by atoms with E-state index in [0.717, 1.165) is 17.0 Å². The second-order valence-electron chi connectivity index (χ2n) is 7.39. The molecule has 0 radical (unpaired) electrons. The number of hydrogen-bond acceptors (Lipinski definition) is 5. The van der Waals surface area contributed by atoms with Crippen LogP contribution in [0.2, 0.25) is 0 Å². The fraction of sp³-hybridized carbons (Fsp3) is 0.154. The maximum atomic E-state index is 13.2. The maximum absolute atomic E-state index is 13.2. The number of carbonyl (C=O) groups excluding carboxylic acids is 2. The van der Waals surface area contributed by atoms with Crippen LogP contribution in [0.4, 0.5) is 5.69 Å². The Balaban J connectivity index is 1.53. The molecule has 0 atom stereocenters. The fourth-order valence-electron chi connectivity index (χ4n) is 3.48. The van der Waals surface area contributed by atoms with Crippen molar-refractivity contribution in [3.05, 3.63) is 95.7 Å². The van der Waals surface area contributed by atoms with Crippen LogP contribution in [0.25, 0.3) is 5.57 Å². The Morgan fingerprint density at radius 3 is 2.12 bits per heavy atom. The number of carbonyl (C=O) groups is 2. The van der Waals surface area contributed by atoms with Gasteiger partial charge in [0.05, 0.1) is 19.2 Å². The van der Waals surface area contributed by atoms with E-state index in [0.29, 0.717) is 16.9 Å². The molecule has 0 spiro atoms. The summed E-state index contributed by atoms with van der Waals surface area (Å²) in [5, 5.41) is 3.16. The van der Waals surface area contributed by atoms with Crippen LogP contribution in [-0.4, -0.2) is 37.0 Å². The molecule has 0 unspecified atom stereocenters. The summed E-state index contributed by atoms with van der Waals surface area (Å²) in [7, 11) is 1.60. The van der Waals surface area contributed by atoms with Gasteiger partial charge < -0.3 is 14.8 Å². The molecule has 0 saturated heterocycles. The third-order valence-electron chi connectivity index (χ3n) is 5.19. The molecule has 2 amide bonds. The van der Waals surface area contributed by atoms with Crippen LogP contribution in [0.5, 0.6) is 11.5 Å². The van der Waals surface area contributed by atoms with Gasteiger partial charge in [0.1, 0.15) is 23.8 Å². The normalized spacial score (nSPS) is 13.5. The zero-order chi connectivity index (χ0) is 22.5. The molecule has 1 heterocycles. The molecule has 4 rings (SSSR count). The summed E-state index contributed by atoms with van der Waals surface area (Å²) in [5.74, 6) is 0.659. The summed E-state index contributed by atoms with van der Waals surface area (Å²) in [6, 6.07) is 24.0. The van der Waals surface area contributed by atoms with Crippen LogP contribution in [-0.2, 0) is 9.59 Å². The van der Waals surface area contributed by atoms with E-state index in [-0.39, 0.29) is 30.7 Å². The smallest absolute Gasteiger partial charge is 0.278 e. The van der Waals surface area contributed by atoms with Crippen LogP contribution >= 0.6 is 0 Å². The fourth-order valence-corrected chi connectivity index (χ4v) is 3.48. The van der Waals surface area contributed by atoms with Gasteiger partial charge in [-0.2, -0.15) is 0 Å². The first-order valence-corrected chi connectivity index (χ1v) is 10.3. The molecular formula is C26H24N2O4. The van der Waals surface area contributed by atoms with E-state index in [4.69, 9.17) is 9.47 Å². The highest BCUT2D eigenvalue weighted by Crippen LogP contribution is 2.30. The lowest BCUT2D eigenvalue weighted by Gasteiger charge is -2.16. The van der Waals surface area contributed by atoms with Crippen LogP contribution in [0, 0.1) is 6.92 Å². The number of imide groups is 1. The van der Waals surface area contributed by atoms with E-state index >= 15 is 0 Å². The number of methoxy groups -OCH3 is 1. The first-order valence-electron chi connectivity index (χ1n) is 10.3. The van der Waals surface area contributed by atoms with Crippen molar-refractivity contribution in [1.82, 2.24) is 4.90 Å². The van der Waals surface area contributed by atoms with E-state index in [2.05, 4.69) is 5.32 Å². The zero-order valence-corrected chi connectivity index (χ0v) is 18.0. The second-order valence-corrected chi connectivity index (χ2v) is 7.39. The summed E-state index contributed by atoms with van der Waals surface area (Å²) >= 11 is 0. The number of benzene rings is 3. The van der Waals surface area contributed by atoms with Gasteiger partial charge in [-0.05, 0) is 48.9 Å². The predicted molar refractivity (Wildman–Crippen MR) is 123 cm³/mol. The lowest BCUT2D eigenvalue weighted by atomic mass is 10.0. The van der Waals surface area contributed by atoms with Gasteiger partial charge in [-0.1, -0.05) is 48.0 Å². The minimum atomic E-state index is -0.368. The third kappa shape index (κ3) is 4.49. The van der Waals surface area contributed by atoms with Crippen molar-refractivity contribution in [3.63, 3.8) is 0 Å². The van der Waals surface area contributed by atoms with Gasteiger partial charge in [-0.3, -0.25) is 14.5 Å². The molecule has 1 N–H and O–H groups in total. The first-order chi connectivity index (χ1) is 15.6. The monoisotopic (exact) mass is 428 g/mol. The molecule has 3 aromatic rings. The summed E-state index contributed by atoms with van der Waals surface area (Å²) in [6.07, 6.45) is 0. The summed E-state index contributed by atoms with van der Waals surface area (Å²) in [5.41, 5.74) is 3.18. The molecule has 162 valence electrons. The highest BCUT2D eigenvalue weighted by atomic mass is 16.5. The molecule has 0 saturated carbocycles. The van der Waals surface area contributed by atoms with Crippen LogP contribution in [0.1, 0.15) is 11.1 Å². The number of anilines is 1. The molecule has 32 heavy (non-hydrogen) atoms. The Bertz CT molecular complexity index is 1140. The van der Waals surface area contributed by atoms with Crippen molar-refractivity contribution < 1.29 is 19.1 Å². The molecule has 3 aromatic carbocycles. The minimum absolute atomic E-state index is 0.138. The molecular weight excluding hydrogens is 404 g/mol. The number of hydrogen-bond donors (Lipinski definition) is 1. The van der Waals surface area contributed by atoms with Gasteiger partial charge >= 0.3 is 0 Å². The average Bonchev–Trinajstić information content (AvgIpc) is 3.05. The highest BCUT2D eigenvalue weighted by Gasteiger charge is 2.39. The molecule has 6 nitrogen and oxygen atoms in total. The molecule has 0 aliphatic carbocycles. The molecule has 0 fully saturated rings. The maximum Gasteiger partial charge on any atom is 0.278 e. The topological polar surface area (TPSA) is 67.9 Å². The Morgan fingerprint density at radius 2 is 1.47 bits per heavy atom. The van der Waals surface area contributed by atoms with Crippen LogP contribution < -0.4 is 14.8 Å². The van der Waals surface area contributed by atoms with Crippen molar-refractivity contribution in [2.24, 2.45) is 0 Å². The summed E-state index contributed by atoms with van der Waals surface area (Å²) < 4.78 is 10.9. The average molecular weight is 428 g/mol. The SMILES string of the molecule is COc1ccc(OCCN2C(=O)C(Nc3ccc(C)cc3)=C(c3ccccc3)C2=O)cc1. The summed E-state index contributed by atoms with van der Waals surface area (Å²) in [6.45, 7) is 2.32. The van der Waals surface area contributed by atoms with E-state index in [9.17, 15) is 9.59 Å². The number of amides is 2. The Kier molecular flexibility index (Phi) is 6.22.